The summed E-state index contributed by atoms with van der Waals surface area (Å²) in [6.45, 7) is 0. The lowest BCUT2D eigenvalue weighted by Gasteiger charge is -2.00. The first-order valence-corrected chi connectivity index (χ1v) is 4.96. The Morgan fingerprint density at radius 2 is 1.94 bits per heavy atom. The molecule has 84 valence electrons. The monoisotopic (exact) mass is 218 g/mol. The molecule has 0 radical (unpaired) electrons. The first-order chi connectivity index (χ1) is 7.76. The van der Waals surface area contributed by atoms with E-state index < -0.39 is 5.97 Å². The Kier molecular flexibility index (Phi) is 4.94. The molecule has 1 aromatic carbocycles. The van der Waals surface area contributed by atoms with Gasteiger partial charge < -0.3 is 9.47 Å². The molecule has 0 aliphatic heterocycles. The van der Waals surface area contributed by atoms with E-state index in [1.807, 2.05) is 24.3 Å². The third-order valence-corrected chi connectivity index (χ3v) is 2.07. The maximum absolute atomic E-state index is 10.7. The molecule has 0 atom stereocenters. The number of esters is 1. The van der Waals surface area contributed by atoms with Crippen LogP contribution in [-0.2, 0) is 16.0 Å². The highest BCUT2D eigenvalue weighted by molar-refractivity contribution is 5.88. The highest BCUT2D eigenvalue weighted by Crippen LogP contribution is 2.12. The normalized spacial score (nSPS) is 8.88. The molecule has 0 amide bonds. The molecule has 0 spiro atoms. The molecule has 1 aromatic rings. The largest absolute Gasteiger partial charge is 0.497 e. The van der Waals surface area contributed by atoms with Gasteiger partial charge in [-0.05, 0) is 24.1 Å². The standard InChI is InChI=1S/C13H14O3/c1-15-12-9-7-11(8-10-12)5-3-4-6-13(14)16-2/h7-10H,3,5H2,1-2H3. The van der Waals surface area contributed by atoms with E-state index in [0.717, 1.165) is 12.2 Å². The molecule has 0 saturated heterocycles. The highest BCUT2D eigenvalue weighted by atomic mass is 16.5. The third kappa shape index (κ3) is 4.05. The molecule has 0 heterocycles. The molecular formula is C13H14O3. The lowest BCUT2D eigenvalue weighted by Crippen LogP contribution is -1.94. The van der Waals surface area contributed by atoms with Crippen LogP contribution >= 0.6 is 0 Å². The second kappa shape index (κ2) is 6.52. The Morgan fingerprint density at radius 1 is 1.25 bits per heavy atom. The number of carbonyl (C=O) groups is 1. The van der Waals surface area contributed by atoms with Crippen LogP contribution in [0.15, 0.2) is 24.3 Å². The van der Waals surface area contributed by atoms with Gasteiger partial charge in [0, 0.05) is 12.3 Å². The van der Waals surface area contributed by atoms with Crippen molar-refractivity contribution >= 4 is 5.97 Å². The van der Waals surface area contributed by atoms with E-state index in [1.54, 1.807) is 7.11 Å². The van der Waals surface area contributed by atoms with Gasteiger partial charge in [-0.3, -0.25) is 0 Å². The first kappa shape index (κ1) is 12.1. The summed E-state index contributed by atoms with van der Waals surface area (Å²) in [7, 11) is 2.96. The van der Waals surface area contributed by atoms with E-state index >= 15 is 0 Å². The van der Waals surface area contributed by atoms with Crippen LogP contribution in [0.2, 0.25) is 0 Å². The topological polar surface area (TPSA) is 35.5 Å². The lowest BCUT2D eigenvalue weighted by molar-refractivity contribution is -0.133. The highest BCUT2D eigenvalue weighted by Gasteiger charge is 1.93. The van der Waals surface area contributed by atoms with Crippen molar-refractivity contribution < 1.29 is 14.3 Å². The van der Waals surface area contributed by atoms with Gasteiger partial charge in [0.15, 0.2) is 0 Å². The Balaban J connectivity index is 2.42. The number of ether oxygens (including phenoxy) is 2. The molecule has 0 aliphatic rings. The second-order valence-electron chi connectivity index (χ2n) is 3.14. The summed E-state index contributed by atoms with van der Waals surface area (Å²) in [4.78, 5) is 10.7. The van der Waals surface area contributed by atoms with Crippen molar-refractivity contribution in [2.75, 3.05) is 14.2 Å². The van der Waals surface area contributed by atoms with E-state index in [0.29, 0.717) is 6.42 Å². The van der Waals surface area contributed by atoms with Crippen molar-refractivity contribution in [3.8, 4) is 17.6 Å². The van der Waals surface area contributed by atoms with Gasteiger partial charge in [0.05, 0.1) is 14.2 Å². The van der Waals surface area contributed by atoms with E-state index in [4.69, 9.17) is 4.74 Å². The van der Waals surface area contributed by atoms with Gasteiger partial charge in [-0.2, -0.15) is 0 Å². The summed E-state index contributed by atoms with van der Waals surface area (Å²) < 4.78 is 9.46. The molecule has 3 heteroatoms. The predicted molar refractivity (Wildman–Crippen MR) is 61.1 cm³/mol. The molecule has 0 bridgehead atoms. The van der Waals surface area contributed by atoms with Crippen molar-refractivity contribution in [1.82, 2.24) is 0 Å². The fourth-order valence-corrected chi connectivity index (χ4v) is 1.18. The zero-order chi connectivity index (χ0) is 11.8. The molecule has 0 unspecified atom stereocenters. The lowest BCUT2D eigenvalue weighted by atomic mass is 10.1. The van der Waals surface area contributed by atoms with Crippen molar-refractivity contribution in [1.29, 1.82) is 0 Å². The van der Waals surface area contributed by atoms with Crippen molar-refractivity contribution in [3.63, 3.8) is 0 Å². The van der Waals surface area contributed by atoms with Crippen molar-refractivity contribution in [2.24, 2.45) is 0 Å². The molecule has 0 N–H and O–H groups in total. The van der Waals surface area contributed by atoms with Crippen LogP contribution in [0, 0.1) is 11.8 Å². The maximum Gasteiger partial charge on any atom is 0.384 e. The minimum atomic E-state index is -0.491. The third-order valence-electron chi connectivity index (χ3n) is 2.07. The van der Waals surface area contributed by atoms with Gasteiger partial charge in [0.25, 0.3) is 0 Å². The fourth-order valence-electron chi connectivity index (χ4n) is 1.18. The average Bonchev–Trinajstić information content (AvgIpc) is 2.35. The molecule has 0 fully saturated rings. The van der Waals surface area contributed by atoms with Crippen LogP contribution in [0.4, 0.5) is 0 Å². The van der Waals surface area contributed by atoms with E-state index in [9.17, 15) is 4.79 Å². The molecular weight excluding hydrogens is 204 g/mol. The van der Waals surface area contributed by atoms with Gasteiger partial charge in [0.2, 0.25) is 0 Å². The van der Waals surface area contributed by atoms with Crippen LogP contribution in [0.5, 0.6) is 5.75 Å². The Hall–Kier alpha value is -1.95. The summed E-state index contributed by atoms with van der Waals surface area (Å²) in [6, 6.07) is 7.78. The average molecular weight is 218 g/mol. The molecule has 1 rings (SSSR count). The van der Waals surface area contributed by atoms with Crippen LogP contribution in [0.1, 0.15) is 12.0 Å². The fraction of sp³-hybridized carbons (Fsp3) is 0.308. The van der Waals surface area contributed by atoms with E-state index in [1.165, 1.54) is 12.7 Å². The van der Waals surface area contributed by atoms with Crippen molar-refractivity contribution in [2.45, 2.75) is 12.8 Å². The number of hydrogen-bond donors (Lipinski definition) is 0. The Labute approximate surface area is 95.4 Å². The second-order valence-corrected chi connectivity index (χ2v) is 3.14. The van der Waals surface area contributed by atoms with E-state index in [2.05, 4.69) is 16.6 Å². The van der Waals surface area contributed by atoms with Crippen LogP contribution in [0.3, 0.4) is 0 Å². The Bertz CT molecular complexity index is 395. The van der Waals surface area contributed by atoms with Gasteiger partial charge in [0.1, 0.15) is 5.75 Å². The number of rotatable bonds is 3. The van der Waals surface area contributed by atoms with Gasteiger partial charge in [-0.1, -0.05) is 18.1 Å². The number of carbonyl (C=O) groups excluding carboxylic acids is 1. The number of hydrogen-bond acceptors (Lipinski definition) is 3. The van der Waals surface area contributed by atoms with Crippen LogP contribution in [0.25, 0.3) is 0 Å². The minimum Gasteiger partial charge on any atom is -0.497 e. The summed E-state index contributed by atoms with van der Waals surface area (Å²) >= 11 is 0. The minimum absolute atomic E-state index is 0.491. The van der Waals surface area contributed by atoms with Crippen molar-refractivity contribution in [3.05, 3.63) is 29.8 Å². The Morgan fingerprint density at radius 3 is 2.50 bits per heavy atom. The van der Waals surface area contributed by atoms with Gasteiger partial charge in [-0.15, -0.1) is 0 Å². The van der Waals surface area contributed by atoms with Gasteiger partial charge in [-0.25, -0.2) is 4.79 Å². The molecule has 0 aromatic heterocycles. The quantitative estimate of drug-likeness (QED) is 0.441. The maximum atomic E-state index is 10.7. The SMILES string of the molecule is COC(=O)C#CCCc1ccc(OC)cc1. The summed E-state index contributed by atoms with van der Waals surface area (Å²) in [5.74, 6) is 5.49. The molecule has 0 saturated carbocycles. The van der Waals surface area contributed by atoms with Gasteiger partial charge >= 0.3 is 5.97 Å². The summed E-state index contributed by atoms with van der Waals surface area (Å²) in [5, 5.41) is 0. The predicted octanol–water partition coefficient (Wildman–Crippen LogP) is 1.80. The first-order valence-electron chi connectivity index (χ1n) is 4.96. The van der Waals surface area contributed by atoms with Crippen LogP contribution < -0.4 is 4.74 Å². The zero-order valence-electron chi connectivity index (χ0n) is 9.45. The summed E-state index contributed by atoms with van der Waals surface area (Å²) in [5.41, 5.74) is 1.17. The molecule has 16 heavy (non-hydrogen) atoms. The molecule has 0 aliphatic carbocycles. The number of methoxy groups -OCH3 is 2. The zero-order valence-corrected chi connectivity index (χ0v) is 9.45. The number of aryl methyl sites for hydroxylation is 1. The smallest absolute Gasteiger partial charge is 0.384 e. The number of benzene rings is 1. The molecule has 3 nitrogen and oxygen atoms in total. The van der Waals surface area contributed by atoms with E-state index in [-0.39, 0.29) is 0 Å². The summed E-state index contributed by atoms with van der Waals surface area (Å²) in [6.07, 6.45) is 1.45. The van der Waals surface area contributed by atoms with Crippen LogP contribution in [-0.4, -0.2) is 20.2 Å².